The summed E-state index contributed by atoms with van der Waals surface area (Å²) in [4.78, 5) is 10.6. The standard InChI is InChI=1S/C52H38N2O/c1-2-12-32(13-3-1)51-53-48-42-19-9-11-21-45(42)55-50(48)49(54-51)47-40-17-6-4-15-38(40)46(39-16-5-7-18-41(39)47)33-22-23-37-36-14-8-10-20-43(36)52(44(37)29-33)34-25-30-24-31(27-34)28-35(52)26-30/h1-23,29-31,34-35H,24-28H2. The van der Waals surface area contributed by atoms with Gasteiger partial charge in [0.25, 0.3) is 0 Å². The molecule has 14 rings (SSSR count). The van der Waals surface area contributed by atoms with Gasteiger partial charge in [-0.3, -0.25) is 0 Å². The molecule has 9 aromatic rings. The Morgan fingerprint density at radius 2 is 1.05 bits per heavy atom. The Kier molecular flexibility index (Phi) is 6.06. The molecular weight excluding hydrogens is 669 g/mol. The van der Waals surface area contributed by atoms with Crippen molar-refractivity contribution in [2.24, 2.45) is 23.7 Å². The van der Waals surface area contributed by atoms with Crippen molar-refractivity contribution in [2.45, 2.75) is 37.5 Å². The third-order valence-electron chi connectivity index (χ3n) is 14.3. The molecule has 0 radical (unpaired) electrons. The lowest BCUT2D eigenvalue weighted by Gasteiger charge is -2.61. The van der Waals surface area contributed by atoms with Crippen molar-refractivity contribution in [3.05, 3.63) is 157 Å². The zero-order chi connectivity index (χ0) is 35.8. The highest BCUT2D eigenvalue weighted by atomic mass is 16.3. The Labute approximate surface area is 319 Å². The van der Waals surface area contributed by atoms with Crippen LogP contribution in [0.3, 0.4) is 0 Å². The summed E-state index contributed by atoms with van der Waals surface area (Å²) in [5.41, 5.74) is 14.1. The molecule has 4 saturated carbocycles. The van der Waals surface area contributed by atoms with Gasteiger partial charge in [-0.2, -0.15) is 0 Å². The molecule has 2 heterocycles. The predicted molar refractivity (Wildman–Crippen MR) is 224 cm³/mol. The number of benzene rings is 7. The van der Waals surface area contributed by atoms with Gasteiger partial charge in [0.2, 0.25) is 0 Å². The highest BCUT2D eigenvalue weighted by Crippen LogP contribution is 2.69. The summed E-state index contributed by atoms with van der Waals surface area (Å²) in [5, 5.41) is 5.80. The topological polar surface area (TPSA) is 38.9 Å². The van der Waals surface area contributed by atoms with Crippen LogP contribution in [0, 0.1) is 23.7 Å². The summed E-state index contributed by atoms with van der Waals surface area (Å²) in [5.74, 6) is 3.97. The van der Waals surface area contributed by atoms with Crippen molar-refractivity contribution < 1.29 is 4.42 Å². The maximum atomic E-state index is 6.71. The number of hydrogen-bond donors (Lipinski definition) is 0. The number of hydrogen-bond acceptors (Lipinski definition) is 3. The molecule has 262 valence electrons. The minimum absolute atomic E-state index is 0.114. The number of fused-ring (bicyclic) bond motifs is 8. The number of para-hydroxylation sites is 1. The van der Waals surface area contributed by atoms with Crippen LogP contribution < -0.4 is 0 Å². The molecule has 4 fully saturated rings. The average molecular weight is 707 g/mol. The van der Waals surface area contributed by atoms with E-state index in [9.17, 15) is 0 Å². The SMILES string of the molecule is c1ccc(-c2nc(-c3c4ccccc4c(-c4ccc5c(c4)C4(c6ccccc6-5)C5CC6CC(C5)CC4C6)c4ccccc34)c3oc4ccccc4c3n2)cc1. The fraction of sp³-hybridized carbons (Fsp3) is 0.192. The van der Waals surface area contributed by atoms with Gasteiger partial charge >= 0.3 is 0 Å². The second-order valence-corrected chi connectivity index (χ2v) is 16.9. The van der Waals surface area contributed by atoms with Crippen LogP contribution in [-0.2, 0) is 5.41 Å². The Bertz CT molecular complexity index is 2980. The van der Waals surface area contributed by atoms with E-state index in [1.807, 2.05) is 18.2 Å². The van der Waals surface area contributed by atoms with E-state index in [0.29, 0.717) is 5.82 Å². The van der Waals surface area contributed by atoms with E-state index in [0.717, 1.165) is 62.6 Å². The van der Waals surface area contributed by atoms with Gasteiger partial charge in [-0.25, -0.2) is 9.97 Å². The maximum absolute atomic E-state index is 6.71. The first-order chi connectivity index (χ1) is 27.2. The molecule has 5 aliphatic rings. The molecular formula is C52H38N2O. The van der Waals surface area contributed by atoms with Gasteiger partial charge in [0, 0.05) is 21.9 Å². The molecule has 0 amide bonds. The minimum atomic E-state index is 0.114. The fourth-order valence-corrected chi connectivity index (χ4v) is 12.5. The largest absolute Gasteiger partial charge is 0.452 e. The quantitative estimate of drug-likeness (QED) is 0.172. The third kappa shape index (κ3) is 4.01. The molecule has 2 aromatic heterocycles. The molecule has 0 atom stereocenters. The molecule has 4 bridgehead atoms. The molecule has 55 heavy (non-hydrogen) atoms. The lowest BCUT2D eigenvalue weighted by molar-refractivity contribution is -0.0399. The molecule has 0 aliphatic heterocycles. The highest BCUT2D eigenvalue weighted by Gasteiger charge is 2.61. The first-order valence-electron chi connectivity index (χ1n) is 20.2. The summed E-state index contributed by atoms with van der Waals surface area (Å²) in [6.07, 6.45) is 6.98. The Morgan fingerprint density at radius 1 is 0.473 bits per heavy atom. The van der Waals surface area contributed by atoms with Gasteiger partial charge in [0.05, 0.1) is 0 Å². The van der Waals surface area contributed by atoms with Crippen molar-refractivity contribution in [3.8, 4) is 44.9 Å². The number of aromatic nitrogens is 2. The molecule has 0 N–H and O–H groups in total. The zero-order valence-corrected chi connectivity index (χ0v) is 30.5. The van der Waals surface area contributed by atoms with Crippen LogP contribution in [0.4, 0.5) is 0 Å². The van der Waals surface area contributed by atoms with E-state index in [1.165, 1.54) is 75.9 Å². The summed E-state index contributed by atoms with van der Waals surface area (Å²) in [7, 11) is 0. The predicted octanol–water partition coefficient (Wildman–Crippen LogP) is 13.4. The average Bonchev–Trinajstić information content (AvgIpc) is 3.75. The first-order valence-corrected chi connectivity index (χ1v) is 20.2. The highest BCUT2D eigenvalue weighted by molar-refractivity contribution is 6.23. The molecule has 1 spiro atoms. The minimum Gasteiger partial charge on any atom is -0.452 e. The van der Waals surface area contributed by atoms with Crippen molar-refractivity contribution in [1.82, 2.24) is 9.97 Å². The Morgan fingerprint density at radius 3 is 1.76 bits per heavy atom. The van der Waals surface area contributed by atoms with E-state index in [-0.39, 0.29) is 5.41 Å². The monoisotopic (exact) mass is 706 g/mol. The molecule has 0 saturated heterocycles. The smallest absolute Gasteiger partial charge is 0.180 e. The molecule has 5 aliphatic carbocycles. The molecule has 7 aromatic carbocycles. The van der Waals surface area contributed by atoms with Crippen LogP contribution in [0.2, 0.25) is 0 Å². The maximum Gasteiger partial charge on any atom is 0.180 e. The van der Waals surface area contributed by atoms with Crippen LogP contribution in [0.1, 0.15) is 43.2 Å². The van der Waals surface area contributed by atoms with Gasteiger partial charge in [-0.15, -0.1) is 0 Å². The van der Waals surface area contributed by atoms with Gasteiger partial charge in [0.15, 0.2) is 11.4 Å². The molecule has 3 heteroatoms. The summed E-state index contributed by atoms with van der Waals surface area (Å²) >= 11 is 0. The lowest BCUT2D eigenvalue weighted by Crippen LogP contribution is -2.55. The second-order valence-electron chi connectivity index (χ2n) is 16.9. The van der Waals surface area contributed by atoms with Gasteiger partial charge in [0.1, 0.15) is 16.8 Å². The van der Waals surface area contributed by atoms with Crippen LogP contribution in [0.5, 0.6) is 0 Å². The Hall–Kier alpha value is -6.06. The van der Waals surface area contributed by atoms with Gasteiger partial charge < -0.3 is 4.42 Å². The van der Waals surface area contributed by atoms with Crippen LogP contribution >= 0.6 is 0 Å². The van der Waals surface area contributed by atoms with Crippen molar-refractivity contribution in [1.29, 1.82) is 0 Å². The van der Waals surface area contributed by atoms with Crippen LogP contribution in [0.25, 0.3) is 88.5 Å². The van der Waals surface area contributed by atoms with Gasteiger partial charge in [-0.1, -0.05) is 127 Å². The van der Waals surface area contributed by atoms with E-state index >= 15 is 0 Å². The van der Waals surface area contributed by atoms with E-state index in [1.54, 1.807) is 11.1 Å². The second kappa shape index (κ2) is 11.0. The summed E-state index contributed by atoms with van der Waals surface area (Å²) in [6, 6.07) is 53.4. The normalized spacial score (nSPS) is 23.3. The lowest BCUT2D eigenvalue weighted by atomic mass is 9.43. The number of rotatable bonds is 3. The number of nitrogens with zero attached hydrogens (tertiary/aromatic N) is 2. The van der Waals surface area contributed by atoms with Gasteiger partial charge in [-0.05, 0) is 129 Å². The van der Waals surface area contributed by atoms with Crippen molar-refractivity contribution >= 4 is 43.6 Å². The fourth-order valence-electron chi connectivity index (χ4n) is 12.5. The zero-order valence-electron chi connectivity index (χ0n) is 30.5. The summed E-state index contributed by atoms with van der Waals surface area (Å²) < 4.78 is 6.71. The summed E-state index contributed by atoms with van der Waals surface area (Å²) in [6.45, 7) is 0. The van der Waals surface area contributed by atoms with E-state index in [2.05, 4.69) is 127 Å². The van der Waals surface area contributed by atoms with Crippen molar-refractivity contribution in [3.63, 3.8) is 0 Å². The Balaban J connectivity index is 1.10. The van der Waals surface area contributed by atoms with E-state index in [4.69, 9.17) is 14.4 Å². The van der Waals surface area contributed by atoms with Crippen LogP contribution in [-0.4, -0.2) is 9.97 Å². The van der Waals surface area contributed by atoms with E-state index < -0.39 is 0 Å². The first kappa shape index (κ1) is 30.3. The number of furan rings is 1. The third-order valence-corrected chi connectivity index (χ3v) is 14.3. The van der Waals surface area contributed by atoms with Crippen molar-refractivity contribution in [2.75, 3.05) is 0 Å². The van der Waals surface area contributed by atoms with Crippen LogP contribution in [0.15, 0.2) is 150 Å². The molecule has 3 nitrogen and oxygen atoms in total. The molecule has 0 unspecified atom stereocenters.